The van der Waals surface area contributed by atoms with E-state index >= 15 is 0 Å². The number of benzene rings is 1. The Labute approximate surface area is 125 Å². The van der Waals surface area contributed by atoms with Crippen LogP contribution in [0.3, 0.4) is 0 Å². The van der Waals surface area contributed by atoms with Crippen molar-refractivity contribution in [1.82, 2.24) is 0 Å². The number of rotatable bonds is 4. The Balaban J connectivity index is 1.76. The molecule has 0 unspecified atom stereocenters. The summed E-state index contributed by atoms with van der Waals surface area (Å²) in [6.07, 6.45) is 9.99. The molecule has 2 aromatic heterocycles. The van der Waals surface area contributed by atoms with Crippen LogP contribution in [-0.4, -0.2) is 0 Å². The van der Waals surface area contributed by atoms with Crippen LogP contribution in [0.15, 0.2) is 79.9 Å². The fourth-order valence-electron chi connectivity index (χ4n) is 2.30. The first-order chi connectivity index (χ1) is 10.3. The quantitative estimate of drug-likeness (QED) is 0.651. The minimum Gasteiger partial charge on any atom is -0.218 e. The summed E-state index contributed by atoms with van der Waals surface area (Å²) in [5.41, 5.74) is 4.88. The average molecular weight is 274 g/mol. The van der Waals surface area contributed by atoms with Gasteiger partial charge >= 0.3 is 0 Å². The van der Waals surface area contributed by atoms with E-state index in [1.165, 1.54) is 16.7 Å². The Morgan fingerprint density at radius 1 is 0.857 bits per heavy atom. The molecule has 0 fully saturated rings. The Morgan fingerprint density at radius 2 is 1.48 bits per heavy atom. The second kappa shape index (κ2) is 6.14. The smallest absolute Gasteiger partial charge is 0.173 e. The van der Waals surface area contributed by atoms with Gasteiger partial charge in [0, 0.05) is 29.8 Å². The molecule has 0 saturated heterocycles. The molecule has 0 spiro atoms. The third-order valence-electron chi connectivity index (χ3n) is 3.52. The van der Waals surface area contributed by atoms with Gasteiger partial charge in [-0.1, -0.05) is 36.9 Å². The van der Waals surface area contributed by atoms with Crippen LogP contribution < -0.4 is 9.55 Å². The fraction of sp³-hybridized carbons (Fsp3) is 0.0526. The predicted molar refractivity (Wildman–Crippen MR) is 84.3 cm³/mol. The maximum absolute atomic E-state index is 3.78. The molecule has 3 rings (SSSR count). The molecule has 0 amide bonds. The molecule has 0 bridgehead atoms. The molecule has 0 aliphatic rings. The maximum atomic E-state index is 3.78. The molecule has 1 N–H and O–H groups in total. The van der Waals surface area contributed by atoms with E-state index in [1.54, 1.807) is 0 Å². The summed E-state index contributed by atoms with van der Waals surface area (Å²) in [4.78, 5) is 3.04. The highest BCUT2D eigenvalue weighted by molar-refractivity contribution is 5.60. The molecule has 2 heteroatoms. The van der Waals surface area contributed by atoms with Crippen LogP contribution in [0.2, 0.25) is 0 Å². The molecule has 0 aliphatic carbocycles. The van der Waals surface area contributed by atoms with Crippen molar-refractivity contribution < 1.29 is 9.55 Å². The van der Waals surface area contributed by atoms with Crippen molar-refractivity contribution in [3.8, 4) is 11.1 Å². The summed E-state index contributed by atoms with van der Waals surface area (Å²) in [6.45, 7) is 4.65. The minimum atomic E-state index is 0.875. The van der Waals surface area contributed by atoms with Crippen LogP contribution in [0.1, 0.15) is 11.1 Å². The molecular weight excluding hydrogens is 256 g/mol. The van der Waals surface area contributed by atoms with E-state index in [2.05, 4.69) is 77.1 Å². The maximum Gasteiger partial charge on any atom is 0.173 e. The molecule has 0 atom stereocenters. The van der Waals surface area contributed by atoms with Crippen molar-refractivity contribution in [3.05, 3.63) is 91.0 Å². The standard InChI is InChI=1S/C19H17N2/c1-2-16-3-5-17(6-4-16)15-21-13-9-19(10-14-21)18-7-11-20-12-8-18/h2-14H,1,15H2/q+1/p+1. The van der Waals surface area contributed by atoms with Gasteiger partial charge in [0.15, 0.2) is 31.3 Å². The molecule has 0 radical (unpaired) electrons. The van der Waals surface area contributed by atoms with Gasteiger partial charge in [-0.25, -0.2) is 9.55 Å². The normalized spacial score (nSPS) is 10.3. The van der Waals surface area contributed by atoms with Gasteiger partial charge < -0.3 is 0 Å². The lowest BCUT2D eigenvalue weighted by Gasteiger charge is -2.01. The van der Waals surface area contributed by atoms with Gasteiger partial charge in [-0.3, -0.25) is 0 Å². The summed E-state index contributed by atoms with van der Waals surface area (Å²) in [5.74, 6) is 0. The summed E-state index contributed by atoms with van der Waals surface area (Å²) in [5, 5.41) is 0. The molecule has 0 saturated carbocycles. The molecule has 1 aromatic carbocycles. The highest BCUT2D eigenvalue weighted by Crippen LogP contribution is 2.15. The van der Waals surface area contributed by atoms with Gasteiger partial charge in [-0.15, -0.1) is 0 Å². The SMILES string of the molecule is C=Cc1ccc(C[n+]2ccc(-c3cc[nH+]cc3)cc2)cc1. The summed E-state index contributed by atoms with van der Waals surface area (Å²) < 4.78 is 2.18. The van der Waals surface area contributed by atoms with Gasteiger partial charge in [0.2, 0.25) is 0 Å². The Bertz CT molecular complexity index is 714. The number of aromatic nitrogens is 2. The van der Waals surface area contributed by atoms with E-state index in [9.17, 15) is 0 Å². The predicted octanol–water partition coefficient (Wildman–Crippen LogP) is 3.15. The summed E-state index contributed by atoms with van der Waals surface area (Å²) >= 11 is 0. The third kappa shape index (κ3) is 3.23. The zero-order valence-corrected chi connectivity index (χ0v) is 11.9. The van der Waals surface area contributed by atoms with E-state index in [0.29, 0.717) is 0 Å². The zero-order chi connectivity index (χ0) is 14.5. The molecule has 21 heavy (non-hydrogen) atoms. The van der Waals surface area contributed by atoms with E-state index in [-0.39, 0.29) is 0 Å². The van der Waals surface area contributed by atoms with Crippen molar-refractivity contribution in [1.29, 1.82) is 0 Å². The second-order valence-corrected chi connectivity index (χ2v) is 4.99. The Kier molecular flexibility index (Phi) is 3.88. The number of nitrogens with zero attached hydrogens (tertiary/aromatic N) is 1. The van der Waals surface area contributed by atoms with E-state index in [4.69, 9.17) is 0 Å². The minimum absolute atomic E-state index is 0.875. The first kappa shape index (κ1) is 13.3. The molecule has 0 aliphatic heterocycles. The second-order valence-electron chi connectivity index (χ2n) is 4.99. The lowest BCUT2D eigenvalue weighted by Crippen LogP contribution is -2.32. The van der Waals surface area contributed by atoms with Crippen LogP contribution >= 0.6 is 0 Å². The van der Waals surface area contributed by atoms with Crippen LogP contribution in [0.4, 0.5) is 0 Å². The van der Waals surface area contributed by atoms with Crippen molar-refractivity contribution in [3.63, 3.8) is 0 Å². The lowest BCUT2D eigenvalue weighted by molar-refractivity contribution is -0.688. The van der Waals surface area contributed by atoms with Crippen LogP contribution in [0.25, 0.3) is 17.2 Å². The van der Waals surface area contributed by atoms with Gasteiger partial charge in [0.05, 0.1) is 0 Å². The van der Waals surface area contributed by atoms with Crippen molar-refractivity contribution in [2.75, 3.05) is 0 Å². The monoisotopic (exact) mass is 274 g/mol. The van der Waals surface area contributed by atoms with Crippen LogP contribution in [0, 0.1) is 0 Å². The number of pyridine rings is 2. The summed E-state index contributed by atoms with van der Waals surface area (Å²) in [7, 11) is 0. The highest BCUT2D eigenvalue weighted by atomic mass is 14.9. The highest BCUT2D eigenvalue weighted by Gasteiger charge is 2.04. The summed E-state index contributed by atoms with van der Waals surface area (Å²) in [6, 6.07) is 16.9. The molecule has 2 nitrogen and oxygen atoms in total. The van der Waals surface area contributed by atoms with Gasteiger partial charge in [-0.05, 0) is 16.7 Å². The van der Waals surface area contributed by atoms with E-state index in [0.717, 1.165) is 12.1 Å². The fourth-order valence-corrected chi connectivity index (χ4v) is 2.30. The number of hydrogen-bond donors (Lipinski definition) is 0. The topological polar surface area (TPSA) is 18.0 Å². The van der Waals surface area contributed by atoms with E-state index < -0.39 is 0 Å². The van der Waals surface area contributed by atoms with Gasteiger partial charge in [0.1, 0.15) is 0 Å². The number of hydrogen-bond acceptors (Lipinski definition) is 0. The number of nitrogens with one attached hydrogen (secondary N) is 1. The van der Waals surface area contributed by atoms with Crippen molar-refractivity contribution in [2.45, 2.75) is 6.54 Å². The first-order valence-electron chi connectivity index (χ1n) is 7.02. The van der Waals surface area contributed by atoms with Crippen LogP contribution in [-0.2, 0) is 6.54 Å². The number of aromatic amines is 1. The Morgan fingerprint density at radius 3 is 2.10 bits per heavy atom. The molecule has 3 aromatic rings. The van der Waals surface area contributed by atoms with E-state index in [1.807, 2.05) is 18.5 Å². The Hall–Kier alpha value is -2.74. The zero-order valence-electron chi connectivity index (χ0n) is 11.9. The molecular formula is C19H18N2+2. The third-order valence-corrected chi connectivity index (χ3v) is 3.52. The molecule has 2 heterocycles. The average Bonchev–Trinajstić information content (AvgIpc) is 2.57. The first-order valence-corrected chi connectivity index (χ1v) is 7.02. The van der Waals surface area contributed by atoms with Crippen molar-refractivity contribution in [2.24, 2.45) is 0 Å². The lowest BCUT2D eigenvalue weighted by atomic mass is 10.1. The largest absolute Gasteiger partial charge is 0.218 e. The molecule has 102 valence electrons. The number of H-pyrrole nitrogens is 1. The van der Waals surface area contributed by atoms with Gasteiger partial charge in [-0.2, -0.15) is 0 Å². The van der Waals surface area contributed by atoms with Crippen molar-refractivity contribution >= 4 is 6.08 Å². The van der Waals surface area contributed by atoms with Crippen LogP contribution in [0.5, 0.6) is 0 Å². The van der Waals surface area contributed by atoms with Gasteiger partial charge in [0.25, 0.3) is 0 Å².